The summed E-state index contributed by atoms with van der Waals surface area (Å²) in [5.41, 5.74) is 5.40. The molecule has 0 unspecified atom stereocenters. The predicted octanol–water partition coefficient (Wildman–Crippen LogP) is 1.77. The van der Waals surface area contributed by atoms with Gasteiger partial charge in [-0.25, -0.2) is 4.79 Å². The van der Waals surface area contributed by atoms with Gasteiger partial charge in [0.15, 0.2) is 0 Å². The van der Waals surface area contributed by atoms with Crippen LogP contribution in [0, 0.1) is 0 Å². The zero-order valence-corrected chi connectivity index (χ0v) is 10.2. The van der Waals surface area contributed by atoms with E-state index in [4.69, 9.17) is 5.73 Å². The number of hydrogen-bond donors (Lipinski definition) is 2. The van der Waals surface area contributed by atoms with Crippen molar-refractivity contribution in [1.82, 2.24) is 0 Å². The Hall–Kier alpha value is -1.07. The first-order valence-corrected chi connectivity index (χ1v) is 6.24. The van der Waals surface area contributed by atoms with Crippen molar-refractivity contribution in [3.05, 3.63) is 17.5 Å². The highest BCUT2D eigenvalue weighted by Crippen LogP contribution is 2.23. The van der Waals surface area contributed by atoms with Gasteiger partial charge in [-0.2, -0.15) is 0 Å². The number of carboxylic acid groups (broad SMARTS) is 1. The van der Waals surface area contributed by atoms with Crippen molar-refractivity contribution in [1.29, 1.82) is 0 Å². The fraction of sp³-hybridized carbons (Fsp3) is 0.545. The molecule has 5 heteroatoms. The Bertz CT molecular complexity index is 314. The Morgan fingerprint density at radius 3 is 2.88 bits per heavy atom. The molecular formula is C11H18N2O2S. The summed E-state index contributed by atoms with van der Waals surface area (Å²) in [6.45, 7) is 0.620. The average molecular weight is 242 g/mol. The van der Waals surface area contributed by atoms with E-state index < -0.39 is 12.0 Å². The van der Waals surface area contributed by atoms with Gasteiger partial charge in [0, 0.05) is 7.05 Å². The van der Waals surface area contributed by atoms with E-state index in [-0.39, 0.29) is 0 Å². The summed E-state index contributed by atoms with van der Waals surface area (Å²) in [5, 5.41) is 12.1. The summed E-state index contributed by atoms with van der Waals surface area (Å²) in [5.74, 6) is -0.770. The van der Waals surface area contributed by atoms with E-state index in [1.807, 2.05) is 29.5 Å². The fourth-order valence-corrected chi connectivity index (χ4v) is 2.34. The van der Waals surface area contributed by atoms with Crippen LogP contribution < -0.4 is 10.6 Å². The lowest BCUT2D eigenvalue weighted by atomic mass is 10.1. The molecule has 1 atom stereocenters. The lowest BCUT2D eigenvalue weighted by molar-refractivity contribution is -0.138. The molecule has 0 saturated heterocycles. The smallest absolute Gasteiger partial charge is 0.326 e. The summed E-state index contributed by atoms with van der Waals surface area (Å²) < 4.78 is 0. The maximum absolute atomic E-state index is 11.2. The largest absolute Gasteiger partial charge is 0.480 e. The average Bonchev–Trinajstić information content (AvgIpc) is 2.76. The monoisotopic (exact) mass is 242 g/mol. The van der Waals surface area contributed by atoms with Gasteiger partial charge >= 0.3 is 5.97 Å². The minimum absolute atomic E-state index is 0.454. The number of carboxylic acids is 1. The first kappa shape index (κ1) is 13.0. The van der Waals surface area contributed by atoms with E-state index in [1.165, 1.54) is 0 Å². The second kappa shape index (κ2) is 6.50. The van der Waals surface area contributed by atoms with Crippen LogP contribution >= 0.6 is 11.3 Å². The second-order valence-electron chi connectivity index (χ2n) is 3.70. The summed E-state index contributed by atoms with van der Waals surface area (Å²) >= 11 is 1.55. The van der Waals surface area contributed by atoms with Crippen molar-refractivity contribution >= 4 is 22.3 Å². The number of hydrogen-bond acceptors (Lipinski definition) is 4. The molecule has 90 valence electrons. The van der Waals surface area contributed by atoms with Gasteiger partial charge in [-0.1, -0.05) is 0 Å². The van der Waals surface area contributed by atoms with Gasteiger partial charge in [-0.15, -0.1) is 11.3 Å². The lowest BCUT2D eigenvalue weighted by Gasteiger charge is -2.25. The third kappa shape index (κ3) is 3.50. The number of unbranched alkanes of at least 4 members (excludes halogenated alkanes) is 1. The quantitative estimate of drug-likeness (QED) is 0.715. The van der Waals surface area contributed by atoms with Gasteiger partial charge in [-0.05, 0) is 43.3 Å². The predicted molar refractivity (Wildman–Crippen MR) is 67.1 cm³/mol. The van der Waals surface area contributed by atoms with Gasteiger partial charge in [-0.3, -0.25) is 0 Å². The molecule has 0 aliphatic heterocycles. The van der Waals surface area contributed by atoms with Crippen molar-refractivity contribution < 1.29 is 9.90 Å². The van der Waals surface area contributed by atoms with E-state index in [0.717, 1.165) is 17.8 Å². The summed E-state index contributed by atoms with van der Waals surface area (Å²) in [4.78, 5) is 13.0. The van der Waals surface area contributed by atoms with Crippen molar-refractivity contribution in [2.45, 2.75) is 25.3 Å². The number of anilines is 1. The van der Waals surface area contributed by atoms with Crippen LogP contribution in [0.5, 0.6) is 0 Å². The summed E-state index contributed by atoms with van der Waals surface area (Å²) in [7, 11) is 1.83. The van der Waals surface area contributed by atoms with Crippen LogP contribution in [-0.4, -0.2) is 30.7 Å². The SMILES string of the molecule is CN(c1cccs1)[C@@H](CCCCN)C(=O)O. The highest BCUT2D eigenvalue weighted by Gasteiger charge is 2.22. The summed E-state index contributed by atoms with van der Waals surface area (Å²) in [6.07, 6.45) is 2.37. The van der Waals surface area contributed by atoms with E-state index >= 15 is 0 Å². The number of nitrogens with two attached hydrogens (primary N) is 1. The molecule has 3 N–H and O–H groups in total. The van der Waals surface area contributed by atoms with E-state index in [1.54, 1.807) is 11.3 Å². The molecule has 1 aromatic rings. The normalized spacial score (nSPS) is 12.4. The van der Waals surface area contributed by atoms with E-state index in [2.05, 4.69) is 0 Å². The van der Waals surface area contributed by atoms with Crippen LogP contribution in [0.15, 0.2) is 17.5 Å². The topological polar surface area (TPSA) is 66.6 Å². The van der Waals surface area contributed by atoms with Gasteiger partial charge in [0.2, 0.25) is 0 Å². The van der Waals surface area contributed by atoms with E-state index in [0.29, 0.717) is 13.0 Å². The Morgan fingerprint density at radius 2 is 2.38 bits per heavy atom. The fourth-order valence-electron chi connectivity index (χ4n) is 1.59. The Kier molecular flexibility index (Phi) is 5.28. The van der Waals surface area contributed by atoms with Crippen molar-refractivity contribution in [3.8, 4) is 0 Å². The van der Waals surface area contributed by atoms with Crippen LogP contribution in [0.3, 0.4) is 0 Å². The molecular weight excluding hydrogens is 224 g/mol. The standard InChI is InChI=1S/C11H18N2O2S/c1-13(10-6-4-8-16-10)9(11(14)15)5-2-3-7-12/h4,6,8-9H,2-3,5,7,12H2,1H3,(H,14,15)/t9-/m0/s1. The van der Waals surface area contributed by atoms with Crippen LogP contribution in [0.4, 0.5) is 5.00 Å². The van der Waals surface area contributed by atoms with Crippen LogP contribution in [0.1, 0.15) is 19.3 Å². The molecule has 1 rings (SSSR count). The Labute approximate surface area is 99.7 Å². The van der Waals surface area contributed by atoms with Gasteiger partial charge < -0.3 is 15.7 Å². The number of rotatable bonds is 7. The molecule has 16 heavy (non-hydrogen) atoms. The molecule has 0 saturated carbocycles. The maximum Gasteiger partial charge on any atom is 0.326 e. The Morgan fingerprint density at radius 1 is 1.62 bits per heavy atom. The Balaban J connectivity index is 2.59. The minimum Gasteiger partial charge on any atom is -0.480 e. The zero-order chi connectivity index (χ0) is 12.0. The minimum atomic E-state index is -0.770. The van der Waals surface area contributed by atoms with Crippen molar-refractivity contribution in [2.24, 2.45) is 5.73 Å². The molecule has 0 aliphatic carbocycles. The molecule has 0 bridgehead atoms. The van der Waals surface area contributed by atoms with Crippen molar-refractivity contribution in [3.63, 3.8) is 0 Å². The number of aliphatic carboxylic acids is 1. The molecule has 4 nitrogen and oxygen atoms in total. The van der Waals surface area contributed by atoms with Gasteiger partial charge in [0.1, 0.15) is 6.04 Å². The highest BCUT2D eigenvalue weighted by molar-refractivity contribution is 7.14. The first-order chi connectivity index (χ1) is 7.66. The highest BCUT2D eigenvalue weighted by atomic mass is 32.1. The molecule has 0 radical (unpaired) electrons. The number of nitrogens with zero attached hydrogens (tertiary/aromatic N) is 1. The third-order valence-electron chi connectivity index (χ3n) is 2.54. The molecule has 1 aromatic heterocycles. The molecule has 1 heterocycles. The van der Waals surface area contributed by atoms with Crippen molar-refractivity contribution in [2.75, 3.05) is 18.5 Å². The maximum atomic E-state index is 11.2. The van der Waals surface area contributed by atoms with Crippen LogP contribution in [0.2, 0.25) is 0 Å². The third-order valence-corrected chi connectivity index (χ3v) is 3.50. The lowest BCUT2D eigenvalue weighted by Crippen LogP contribution is -2.38. The number of carbonyl (C=O) groups is 1. The molecule has 0 aliphatic rings. The number of thiophene rings is 1. The summed E-state index contributed by atoms with van der Waals surface area (Å²) in [6, 6.07) is 3.41. The second-order valence-corrected chi connectivity index (χ2v) is 4.63. The first-order valence-electron chi connectivity index (χ1n) is 5.36. The zero-order valence-electron chi connectivity index (χ0n) is 9.43. The van der Waals surface area contributed by atoms with Gasteiger partial charge in [0.25, 0.3) is 0 Å². The van der Waals surface area contributed by atoms with Crippen LogP contribution in [-0.2, 0) is 4.79 Å². The number of likely N-dealkylation sites (N-methyl/N-ethyl adjacent to an activating group) is 1. The van der Waals surface area contributed by atoms with E-state index in [9.17, 15) is 9.90 Å². The van der Waals surface area contributed by atoms with Crippen LogP contribution in [0.25, 0.3) is 0 Å². The molecule has 0 aromatic carbocycles. The molecule has 0 fully saturated rings. The molecule has 0 amide bonds. The van der Waals surface area contributed by atoms with Gasteiger partial charge in [0.05, 0.1) is 5.00 Å². The molecule has 0 spiro atoms.